The lowest BCUT2D eigenvalue weighted by atomic mass is 9.97. The van der Waals surface area contributed by atoms with Crippen LogP contribution in [-0.2, 0) is 22.1 Å². The molecule has 0 aliphatic heterocycles. The zero-order valence-corrected chi connectivity index (χ0v) is 21.5. The van der Waals surface area contributed by atoms with E-state index in [2.05, 4.69) is 30.7 Å². The Morgan fingerprint density at radius 2 is 1.88 bits per heavy atom. The molecule has 176 valence electrons. The predicted octanol–water partition coefficient (Wildman–Crippen LogP) is 5.66. The molecule has 0 aliphatic carbocycles. The third-order valence-corrected chi connectivity index (χ3v) is 7.35. The monoisotopic (exact) mass is 469 g/mol. The van der Waals surface area contributed by atoms with Crippen LogP contribution in [0.5, 0.6) is 5.75 Å². The van der Waals surface area contributed by atoms with Gasteiger partial charge in [-0.15, -0.1) is 0 Å². The number of nitrogens with zero attached hydrogens (tertiary/aromatic N) is 3. The number of imidazole rings is 1. The summed E-state index contributed by atoms with van der Waals surface area (Å²) < 4.78 is 35.6. The molecular weight excluding hydrogens is 437 g/mol. The van der Waals surface area contributed by atoms with Crippen molar-refractivity contribution in [1.82, 2.24) is 9.55 Å². The molecule has 0 bridgehead atoms. The van der Waals surface area contributed by atoms with Crippen molar-refractivity contribution in [3.63, 3.8) is 0 Å². The van der Waals surface area contributed by atoms with Crippen LogP contribution in [0.25, 0.3) is 11.0 Å². The summed E-state index contributed by atoms with van der Waals surface area (Å²) in [6.07, 6.45) is 0. The minimum atomic E-state index is -2.39. The highest BCUT2D eigenvalue weighted by Crippen LogP contribution is 2.43. The Balaban J connectivity index is 2.19. The SMILES string of the molecule is COc1cc(C)cc(C)c1C(F)(OC)c1nc2ccc(C#N)cc2n1COCC[Si](C)(C)C. The fourth-order valence-electron chi connectivity index (χ4n) is 3.91. The average Bonchev–Trinajstić information content (AvgIpc) is 3.13. The van der Waals surface area contributed by atoms with Gasteiger partial charge < -0.3 is 14.2 Å². The summed E-state index contributed by atoms with van der Waals surface area (Å²) in [4.78, 5) is 4.60. The quantitative estimate of drug-likeness (QED) is 0.299. The van der Waals surface area contributed by atoms with Gasteiger partial charge in [-0.3, -0.25) is 4.57 Å². The Labute approximate surface area is 195 Å². The molecule has 1 atom stereocenters. The Morgan fingerprint density at radius 3 is 2.48 bits per heavy atom. The largest absolute Gasteiger partial charge is 0.496 e. The van der Waals surface area contributed by atoms with Gasteiger partial charge in [-0.1, -0.05) is 25.7 Å². The zero-order valence-electron chi connectivity index (χ0n) is 20.5. The molecule has 0 radical (unpaired) electrons. The Hall–Kier alpha value is -2.73. The van der Waals surface area contributed by atoms with Gasteiger partial charge in [0.15, 0.2) is 5.82 Å². The summed E-state index contributed by atoms with van der Waals surface area (Å²) in [5.41, 5.74) is 3.53. The summed E-state index contributed by atoms with van der Waals surface area (Å²) in [5.74, 6) is -1.96. The second-order valence-corrected chi connectivity index (χ2v) is 15.1. The molecule has 3 aromatic rings. The van der Waals surface area contributed by atoms with E-state index in [-0.39, 0.29) is 18.1 Å². The van der Waals surface area contributed by atoms with E-state index in [0.29, 0.717) is 34.5 Å². The number of benzene rings is 2. The molecular formula is C25H32FN3O3Si. The molecule has 8 heteroatoms. The number of ether oxygens (including phenoxy) is 3. The number of methoxy groups -OCH3 is 2. The molecule has 0 amide bonds. The van der Waals surface area contributed by atoms with E-state index in [9.17, 15) is 5.26 Å². The first-order chi connectivity index (χ1) is 15.5. The van der Waals surface area contributed by atoms with E-state index in [1.165, 1.54) is 14.2 Å². The minimum Gasteiger partial charge on any atom is -0.496 e. The average molecular weight is 470 g/mol. The predicted molar refractivity (Wildman–Crippen MR) is 130 cm³/mol. The van der Waals surface area contributed by atoms with Crippen molar-refractivity contribution in [1.29, 1.82) is 5.26 Å². The molecule has 0 aliphatic rings. The number of hydrogen-bond acceptors (Lipinski definition) is 5. The van der Waals surface area contributed by atoms with Crippen molar-refractivity contribution in [2.45, 2.75) is 52.1 Å². The summed E-state index contributed by atoms with van der Waals surface area (Å²) in [7, 11) is 1.53. The van der Waals surface area contributed by atoms with E-state index in [0.717, 1.165) is 11.6 Å². The highest BCUT2D eigenvalue weighted by molar-refractivity contribution is 6.76. The fraction of sp³-hybridized carbons (Fsp3) is 0.440. The van der Waals surface area contributed by atoms with Crippen LogP contribution in [0.4, 0.5) is 4.39 Å². The van der Waals surface area contributed by atoms with Crippen LogP contribution in [0.2, 0.25) is 25.7 Å². The van der Waals surface area contributed by atoms with Crippen LogP contribution in [0.15, 0.2) is 30.3 Å². The second kappa shape index (κ2) is 9.63. The molecule has 0 saturated heterocycles. The number of rotatable bonds is 9. The maximum atomic E-state index is 16.9. The van der Waals surface area contributed by atoms with Gasteiger partial charge >= 0.3 is 0 Å². The molecule has 1 aromatic heterocycles. The van der Waals surface area contributed by atoms with E-state index in [4.69, 9.17) is 14.2 Å². The van der Waals surface area contributed by atoms with Gasteiger partial charge in [-0.2, -0.15) is 9.65 Å². The standard InChI is InChI=1S/C25H32FN3O3Si/c1-17-12-18(2)23(22(13-17)30-3)25(26,31-4)24-28-20-9-8-19(15-27)14-21(20)29(24)16-32-10-11-33(5,6)7/h8-9,12-14H,10-11,16H2,1-7H3. The third kappa shape index (κ3) is 5.11. The molecule has 3 rings (SSSR count). The van der Waals surface area contributed by atoms with Crippen LogP contribution < -0.4 is 4.74 Å². The summed E-state index contributed by atoms with van der Waals surface area (Å²) in [6.45, 7) is 11.2. The van der Waals surface area contributed by atoms with Crippen molar-refractivity contribution < 1.29 is 18.6 Å². The van der Waals surface area contributed by atoms with Gasteiger partial charge in [0, 0.05) is 21.8 Å². The van der Waals surface area contributed by atoms with Gasteiger partial charge in [-0.25, -0.2) is 4.98 Å². The Bertz CT molecular complexity index is 1200. The lowest BCUT2D eigenvalue weighted by Crippen LogP contribution is -2.31. The first-order valence-electron chi connectivity index (χ1n) is 10.9. The number of aryl methyl sites for hydroxylation is 2. The van der Waals surface area contributed by atoms with Crippen molar-refractivity contribution in [2.75, 3.05) is 20.8 Å². The summed E-state index contributed by atoms with van der Waals surface area (Å²) >= 11 is 0. The number of nitriles is 1. The Kier molecular flexibility index (Phi) is 7.27. The first kappa shape index (κ1) is 24.9. The number of aromatic nitrogens is 2. The van der Waals surface area contributed by atoms with Crippen molar-refractivity contribution >= 4 is 19.1 Å². The van der Waals surface area contributed by atoms with Gasteiger partial charge in [0.2, 0.25) is 0 Å². The van der Waals surface area contributed by atoms with Crippen molar-refractivity contribution in [3.8, 4) is 11.8 Å². The first-order valence-corrected chi connectivity index (χ1v) is 14.6. The van der Waals surface area contributed by atoms with E-state index in [1.807, 2.05) is 19.9 Å². The number of alkyl halides is 1. The summed E-state index contributed by atoms with van der Waals surface area (Å²) in [5, 5.41) is 9.39. The molecule has 0 N–H and O–H groups in total. The second-order valence-electron chi connectivity index (χ2n) is 9.49. The lowest BCUT2D eigenvalue weighted by molar-refractivity contribution is -0.105. The van der Waals surface area contributed by atoms with Crippen LogP contribution in [0.1, 0.15) is 28.1 Å². The molecule has 0 spiro atoms. The number of hydrogen-bond donors (Lipinski definition) is 0. The number of fused-ring (bicyclic) bond motifs is 1. The van der Waals surface area contributed by atoms with Crippen molar-refractivity contribution in [2.24, 2.45) is 0 Å². The zero-order chi connectivity index (χ0) is 24.4. The van der Waals surface area contributed by atoms with Gasteiger partial charge in [-0.05, 0) is 55.3 Å². The van der Waals surface area contributed by atoms with Gasteiger partial charge in [0.1, 0.15) is 12.5 Å². The van der Waals surface area contributed by atoms with E-state index < -0.39 is 13.9 Å². The van der Waals surface area contributed by atoms with Crippen LogP contribution in [0, 0.1) is 25.2 Å². The smallest absolute Gasteiger partial charge is 0.298 e. The minimum absolute atomic E-state index is 0.0494. The van der Waals surface area contributed by atoms with Crippen LogP contribution in [0.3, 0.4) is 0 Å². The highest BCUT2D eigenvalue weighted by atomic mass is 28.3. The Morgan fingerprint density at radius 1 is 1.15 bits per heavy atom. The molecule has 0 fully saturated rings. The van der Waals surface area contributed by atoms with Crippen LogP contribution in [-0.4, -0.2) is 38.5 Å². The topological polar surface area (TPSA) is 69.3 Å². The maximum Gasteiger partial charge on any atom is 0.298 e. The molecule has 2 aromatic carbocycles. The van der Waals surface area contributed by atoms with Crippen LogP contribution >= 0.6 is 0 Å². The highest BCUT2D eigenvalue weighted by Gasteiger charge is 2.44. The molecule has 6 nitrogen and oxygen atoms in total. The summed E-state index contributed by atoms with van der Waals surface area (Å²) in [6, 6.07) is 11.9. The van der Waals surface area contributed by atoms with Gasteiger partial charge in [0.25, 0.3) is 5.85 Å². The maximum absolute atomic E-state index is 16.9. The third-order valence-electron chi connectivity index (χ3n) is 5.65. The van der Waals surface area contributed by atoms with Gasteiger partial charge in [0.05, 0.1) is 35.3 Å². The molecule has 1 unspecified atom stereocenters. The normalized spacial score (nSPS) is 13.7. The van der Waals surface area contributed by atoms with Crippen molar-refractivity contribution in [3.05, 3.63) is 58.4 Å². The molecule has 1 heterocycles. The van der Waals surface area contributed by atoms with E-state index in [1.54, 1.807) is 28.8 Å². The lowest BCUT2D eigenvalue weighted by Gasteiger charge is -2.28. The molecule has 33 heavy (non-hydrogen) atoms. The molecule has 0 saturated carbocycles. The fourth-order valence-corrected chi connectivity index (χ4v) is 4.67. The number of halogens is 1. The van der Waals surface area contributed by atoms with E-state index >= 15 is 4.39 Å².